The molecule has 0 heterocycles. The Balaban J connectivity index is 1.62. The van der Waals surface area contributed by atoms with E-state index >= 15 is 0 Å². The summed E-state index contributed by atoms with van der Waals surface area (Å²) in [6.07, 6.45) is 2.75. The maximum Gasteiger partial charge on any atom is 0.261 e. The minimum Gasteiger partial charge on any atom is -0.492 e. The van der Waals surface area contributed by atoms with Gasteiger partial charge in [-0.2, -0.15) is 0 Å². The molecule has 0 aliphatic heterocycles. The molecule has 1 amide bonds. The molecule has 0 atom stereocenters. The second kappa shape index (κ2) is 13.0. The highest BCUT2D eigenvalue weighted by Gasteiger charge is 2.16. The number of unbranched alkanes of at least 4 members (excludes halogenated alkanes) is 1. The van der Waals surface area contributed by atoms with Crippen LogP contribution < -0.4 is 20.1 Å². The van der Waals surface area contributed by atoms with Crippen molar-refractivity contribution in [3.05, 3.63) is 88.4 Å². The van der Waals surface area contributed by atoms with Gasteiger partial charge in [0.25, 0.3) is 5.91 Å². The van der Waals surface area contributed by atoms with Crippen LogP contribution in [0.5, 0.6) is 11.5 Å². The Kier molecular flexibility index (Phi) is 9.72. The lowest BCUT2D eigenvalue weighted by atomic mass is 10.1. The molecule has 0 bridgehead atoms. The number of amides is 1. The lowest BCUT2D eigenvalue weighted by molar-refractivity contribution is 0.0973. The molecule has 3 aromatic rings. The first kappa shape index (κ1) is 24.7. The van der Waals surface area contributed by atoms with Crippen molar-refractivity contribution in [3.63, 3.8) is 0 Å². The van der Waals surface area contributed by atoms with Crippen molar-refractivity contribution in [1.29, 1.82) is 0 Å². The Labute approximate surface area is 208 Å². The van der Waals surface area contributed by atoms with E-state index in [1.165, 1.54) is 5.56 Å². The van der Waals surface area contributed by atoms with E-state index in [1.54, 1.807) is 12.1 Å². The molecule has 3 aromatic carbocycles. The summed E-state index contributed by atoms with van der Waals surface area (Å²) in [5.41, 5.74) is 2.27. The molecule has 33 heavy (non-hydrogen) atoms. The summed E-state index contributed by atoms with van der Waals surface area (Å²) in [4.78, 5) is 13.0. The molecule has 0 saturated heterocycles. The molecule has 0 unspecified atom stereocenters. The van der Waals surface area contributed by atoms with Gasteiger partial charge in [0.2, 0.25) is 0 Å². The summed E-state index contributed by atoms with van der Waals surface area (Å²) in [5, 5.41) is 5.98. The first-order valence-electron chi connectivity index (χ1n) is 10.9. The fourth-order valence-corrected chi connectivity index (χ4v) is 3.64. The first-order chi connectivity index (χ1) is 16.1. The largest absolute Gasteiger partial charge is 0.492 e. The maximum atomic E-state index is 13.0. The van der Waals surface area contributed by atoms with Gasteiger partial charge in [0.1, 0.15) is 11.5 Å². The van der Waals surface area contributed by atoms with Gasteiger partial charge in [-0.05, 0) is 54.5 Å². The topological polar surface area (TPSA) is 59.6 Å². The smallest absolute Gasteiger partial charge is 0.261 e. The Morgan fingerprint density at radius 1 is 0.939 bits per heavy atom. The van der Waals surface area contributed by atoms with Crippen LogP contribution in [0.25, 0.3) is 0 Å². The van der Waals surface area contributed by atoms with Crippen molar-refractivity contribution >= 4 is 44.9 Å². The van der Waals surface area contributed by atoms with Gasteiger partial charge in [0, 0.05) is 10.9 Å². The summed E-state index contributed by atoms with van der Waals surface area (Å²) in [7, 11) is 0. The Morgan fingerprint density at radius 2 is 1.67 bits per heavy atom. The Bertz CT molecular complexity index is 1080. The van der Waals surface area contributed by atoms with E-state index in [9.17, 15) is 4.79 Å². The Morgan fingerprint density at radius 3 is 2.45 bits per heavy atom. The van der Waals surface area contributed by atoms with Gasteiger partial charge in [-0.1, -0.05) is 71.7 Å². The first-order valence-corrected chi connectivity index (χ1v) is 12.1. The van der Waals surface area contributed by atoms with E-state index in [-0.39, 0.29) is 11.0 Å². The van der Waals surface area contributed by atoms with Gasteiger partial charge in [-0.3, -0.25) is 10.1 Å². The summed E-state index contributed by atoms with van der Waals surface area (Å²) >= 11 is 8.81. The van der Waals surface area contributed by atoms with Gasteiger partial charge < -0.3 is 14.8 Å². The average Bonchev–Trinajstić information content (AvgIpc) is 2.82. The maximum absolute atomic E-state index is 13.0. The number of hydrogen-bond donors (Lipinski definition) is 2. The van der Waals surface area contributed by atoms with Gasteiger partial charge >= 0.3 is 0 Å². The third-order valence-electron chi connectivity index (χ3n) is 4.80. The second-order valence-electron chi connectivity index (χ2n) is 7.33. The van der Waals surface area contributed by atoms with E-state index in [2.05, 4.69) is 33.5 Å². The zero-order valence-electron chi connectivity index (χ0n) is 18.5. The van der Waals surface area contributed by atoms with Crippen LogP contribution >= 0.6 is 28.1 Å². The zero-order chi connectivity index (χ0) is 23.5. The van der Waals surface area contributed by atoms with E-state index in [0.717, 1.165) is 23.7 Å². The molecule has 5 nitrogen and oxygen atoms in total. The van der Waals surface area contributed by atoms with Crippen molar-refractivity contribution in [2.24, 2.45) is 0 Å². The number of rotatable bonds is 10. The second-order valence-corrected chi connectivity index (χ2v) is 8.65. The van der Waals surface area contributed by atoms with E-state index < -0.39 is 0 Å². The zero-order valence-corrected chi connectivity index (χ0v) is 20.9. The molecule has 0 spiro atoms. The van der Waals surface area contributed by atoms with Gasteiger partial charge in [-0.25, -0.2) is 0 Å². The fourth-order valence-electron chi connectivity index (χ4n) is 3.08. The summed E-state index contributed by atoms with van der Waals surface area (Å²) in [6.45, 7) is 3.19. The number of hydrogen-bond acceptors (Lipinski definition) is 4. The number of carbonyl (C=O) groups excluding carboxylic acids is 1. The number of para-hydroxylation sites is 2. The number of halogens is 1. The van der Waals surface area contributed by atoms with Crippen molar-refractivity contribution in [3.8, 4) is 11.5 Å². The molecule has 3 rings (SSSR count). The number of nitrogens with one attached hydrogen (secondary N) is 2. The van der Waals surface area contributed by atoms with E-state index in [4.69, 9.17) is 21.7 Å². The van der Waals surface area contributed by atoms with Crippen LogP contribution in [0.15, 0.2) is 77.3 Å². The highest BCUT2D eigenvalue weighted by atomic mass is 79.9. The molecule has 172 valence electrons. The molecule has 2 N–H and O–H groups in total. The van der Waals surface area contributed by atoms with Crippen LogP contribution in [0.4, 0.5) is 5.69 Å². The minimum atomic E-state index is -0.354. The normalized spacial score (nSPS) is 10.4. The number of ether oxygens (including phenoxy) is 2. The highest BCUT2D eigenvalue weighted by Crippen LogP contribution is 2.25. The van der Waals surface area contributed by atoms with Crippen LogP contribution in [-0.2, 0) is 6.42 Å². The molecule has 0 radical (unpaired) electrons. The quantitative estimate of drug-likeness (QED) is 0.237. The van der Waals surface area contributed by atoms with E-state index in [0.29, 0.717) is 36.0 Å². The van der Waals surface area contributed by atoms with Crippen LogP contribution in [0.1, 0.15) is 35.7 Å². The SMILES string of the molecule is CCCCOc1ccccc1NC(=S)NC(=O)c1cc(Br)ccc1OCCc1ccccc1. The van der Waals surface area contributed by atoms with E-state index in [1.807, 2.05) is 60.7 Å². The number of benzene rings is 3. The summed E-state index contributed by atoms with van der Waals surface area (Å²) in [6, 6.07) is 22.9. The highest BCUT2D eigenvalue weighted by molar-refractivity contribution is 9.10. The summed E-state index contributed by atoms with van der Waals surface area (Å²) < 4.78 is 12.5. The molecule has 0 aliphatic carbocycles. The lowest BCUT2D eigenvalue weighted by Crippen LogP contribution is -2.34. The minimum absolute atomic E-state index is 0.182. The molecular weight excluding hydrogens is 500 g/mol. The van der Waals surface area contributed by atoms with Crippen LogP contribution in [0.2, 0.25) is 0 Å². The van der Waals surface area contributed by atoms with Crippen molar-refractivity contribution in [1.82, 2.24) is 5.32 Å². The number of anilines is 1. The van der Waals surface area contributed by atoms with Crippen LogP contribution in [0.3, 0.4) is 0 Å². The standard InChI is InChI=1S/C26H27BrN2O3S/c1-2-3-16-31-24-12-8-7-11-22(24)28-26(33)29-25(30)21-18-20(27)13-14-23(21)32-17-15-19-9-5-4-6-10-19/h4-14,18H,2-3,15-17H2,1H3,(H2,28,29,30,33). The molecule has 0 aromatic heterocycles. The fraction of sp³-hybridized carbons (Fsp3) is 0.231. The Hall–Kier alpha value is -2.90. The van der Waals surface area contributed by atoms with Gasteiger partial charge in [-0.15, -0.1) is 0 Å². The van der Waals surface area contributed by atoms with Crippen LogP contribution in [-0.4, -0.2) is 24.2 Å². The number of carbonyl (C=O) groups is 1. The lowest BCUT2D eigenvalue weighted by Gasteiger charge is -2.15. The molecule has 0 aliphatic rings. The van der Waals surface area contributed by atoms with Crippen molar-refractivity contribution < 1.29 is 14.3 Å². The number of thiocarbonyl (C=S) groups is 1. The average molecular weight is 527 g/mol. The third-order valence-corrected chi connectivity index (χ3v) is 5.49. The van der Waals surface area contributed by atoms with Gasteiger partial charge in [0.15, 0.2) is 5.11 Å². The predicted octanol–water partition coefficient (Wildman–Crippen LogP) is 6.38. The monoisotopic (exact) mass is 526 g/mol. The van der Waals surface area contributed by atoms with Crippen molar-refractivity contribution in [2.45, 2.75) is 26.2 Å². The molecule has 7 heteroatoms. The summed E-state index contributed by atoms with van der Waals surface area (Å²) in [5.74, 6) is 0.834. The molecular formula is C26H27BrN2O3S. The third kappa shape index (κ3) is 7.87. The van der Waals surface area contributed by atoms with Crippen molar-refractivity contribution in [2.75, 3.05) is 18.5 Å². The van der Waals surface area contributed by atoms with Crippen LogP contribution in [0, 0.1) is 0 Å². The van der Waals surface area contributed by atoms with Gasteiger partial charge in [0.05, 0.1) is 24.5 Å². The predicted molar refractivity (Wildman–Crippen MR) is 140 cm³/mol. The molecule has 0 saturated carbocycles. The molecule has 0 fully saturated rings.